The lowest BCUT2D eigenvalue weighted by Crippen LogP contribution is -2.37. The fourth-order valence-corrected chi connectivity index (χ4v) is 3.26. The molecule has 0 amide bonds. The molecule has 0 spiro atoms. The average Bonchev–Trinajstić information content (AvgIpc) is 2.56. The van der Waals surface area contributed by atoms with E-state index in [9.17, 15) is 5.11 Å². The zero-order valence-electron chi connectivity index (χ0n) is 12.4. The average molecular weight is 281 g/mol. The van der Waals surface area contributed by atoms with E-state index in [2.05, 4.69) is 35.2 Å². The molecule has 110 valence electrons. The third-order valence-electron chi connectivity index (χ3n) is 4.38. The molecule has 0 saturated carbocycles. The van der Waals surface area contributed by atoms with Crippen LogP contribution in [-0.4, -0.2) is 23.1 Å². The fourth-order valence-electron chi connectivity index (χ4n) is 3.26. The Balaban J connectivity index is 1.63. The largest absolute Gasteiger partial charge is 0.388 e. The van der Waals surface area contributed by atoms with E-state index in [-0.39, 0.29) is 6.10 Å². The predicted octanol–water partition coefficient (Wildman–Crippen LogP) is 3.63. The number of piperidine rings is 1. The molecular formula is C19H23NO. The molecule has 21 heavy (non-hydrogen) atoms. The van der Waals surface area contributed by atoms with Gasteiger partial charge in [-0.25, -0.2) is 0 Å². The van der Waals surface area contributed by atoms with Gasteiger partial charge in [-0.05, 0) is 30.5 Å². The molecule has 2 aromatic rings. The molecule has 1 heterocycles. The summed E-state index contributed by atoms with van der Waals surface area (Å²) in [6.07, 6.45) is 1.94. The van der Waals surface area contributed by atoms with Crippen molar-refractivity contribution in [3.63, 3.8) is 0 Å². The highest BCUT2D eigenvalue weighted by molar-refractivity contribution is 5.18. The van der Waals surface area contributed by atoms with Crippen molar-refractivity contribution in [1.82, 2.24) is 4.90 Å². The van der Waals surface area contributed by atoms with E-state index in [1.54, 1.807) is 0 Å². The molecule has 1 aliphatic heterocycles. The van der Waals surface area contributed by atoms with Gasteiger partial charge in [-0.15, -0.1) is 0 Å². The molecule has 1 N–H and O–H groups in total. The predicted molar refractivity (Wildman–Crippen MR) is 85.8 cm³/mol. The number of likely N-dealkylation sites (tertiary alicyclic amines) is 1. The number of hydrogen-bond acceptors (Lipinski definition) is 2. The number of hydrogen-bond donors (Lipinski definition) is 1. The molecule has 0 radical (unpaired) electrons. The quantitative estimate of drug-likeness (QED) is 0.925. The third kappa shape index (κ3) is 3.72. The fraction of sp³-hybridized carbons (Fsp3) is 0.368. The van der Waals surface area contributed by atoms with Crippen molar-refractivity contribution in [3.05, 3.63) is 71.8 Å². The van der Waals surface area contributed by atoms with Gasteiger partial charge in [0, 0.05) is 19.0 Å². The van der Waals surface area contributed by atoms with E-state index in [1.807, 2.05) is 30.3 Å². The topological polar surface area (TPSA) is 23.5 Å². The summed E-state index contributed by atoms with van der Waals surface area (Å²) in [4.78, 5) is 2.47. The molecule has 0 aromatic heterocycles. The first-order chi connectivity index (χ1) is 10.3. The Morgan fingerprint density at radius 3 is 2.38 bits per heavy atom. The minimum atomic E-state index is -0.343. The van der Waals surface area contributed by atoms with Gasteiger partial charge in [0.05, 0.1) is 6.10 Å². The minimum absolute atomic E-state index is 0.338. The molecule has 2 atom stereocenters. The summed E-state index contributed by atoms with van der Waals surface area (Å²) >= 11 is 0. The number of aliphatic hydroxyl groups excluding tert-OH is 1. The molecular weight excluding hydrogens is 258 g/mol. The lowest BCUT2D eigenvalue weighted by Gasteiger charge is -2.35. The van der Waals surface area contributed by atoms with Crippen LogP contribution in [-0.2, 0) is 6.54 Å². The first kappa shape index (κ1) is 14.3. The molecule has 0 aliphatic carbocycles. The van der Waals surface area contributed by atoms with Crippen LogP contribution in [0.4, 0.5) is 0 Å². The van der Waals surface area contributed by atoms with Gasteiger partial charge in [-0.1, -0.05) is 60.7 Å². The number of benzene rings is 2. The first-order valence-corrected chi connectivity index (χ1v) is 7.82. The van der Waals surface area contributed by atoms with E-state index < -0.39 is 0 Å². The first-order valence-electron chi connectivity index (χ1n) is 7.82. The molecule has 2 nitrogen and oxygen atoms in total. The standard InChI is InChI=1S/C19H23NO/c21-19(17-10-5-2-6-11-17)18-12-7-13-20(15-18)14-16-8-3-1-4-9-16/h1-6,8-11,18-19,21H,7,12-15H2/t18?,19-/m0/s1. The van der Waals surface area contributed by atoms with Crippen molar-refractivity contribution in [3.8, 4) is 0 Å². The van der Waals surface area contributed by atoms with Gasteiger partial charge in [0.15, 0.2) is 0 Å². The van der Waals surface area contributed by atoms with E-state index >= 15 is 0 Å². The molecule has 1 fully saturated rings. The third-order valence-corrected chi connectivity index (χ3v) is 4.38. The summed E-state index contributed by atoms with van der Waals surface area (Å²) in [5.74, 6) is 0.338. The van der Waals surface area contributed by atoms with Crippen molar-refractivity contribution >= 4 is 0 Å². The van der Waals surface area contributed by atoms with Crippen LogP contribution >= 0.6 is 0 Å². The second-order valence-corrected chi connectivity index (χ2v) is 5.98. The van der Waals surface area contributed by atoms with E-state index in [0.29, 0.717) is 5.92 Å². The Morgan fingerprint density at radius 2 is 1.67 bits per heavy atom. The van der Waals surface area contributed by atoms with Gasteiger partial charge in [0.2, 0.25) is 0 Å². The van der Waals surface area contributed by atoms with E-state index in [0.717, 1.165) is 31.6 Å². The molecule has 2 heteroatoms. The summed E-state index contributed by atoms with van der Waals surface area (Å²) < 4.78 is 0. The number of aliphatic hydroxyl groups is 1. The second kappa shape index (κ2) is 6.88. The van der Waals surface area contributed by atoms with Gasteiger partial charge in [-0.3, -0.25) is 4.90 Å². The van der Waals surface area contributed by atoms with Crippen LogP contribution in [0.25, 0.3) is 0 Å². The lowest BCUT2D eigenvalue weighted by atomic mass is 9.88. The van der Waals surface area contributed by atoms with Crippen LogP contribution in [0.3, 0.4) is 0 Å². The maximum Gasteiger partial charge on any atom is 0.0830 e. The zero-order chi connectivity index (χ0) is 14.5. The Labute approximate surface area is 127 Å². The molecule has 3 rings (SSSR count). The summed E-state index contributed by atoms with van der Waals surface area (Å²) in [7, 11) is 0. The van der Waals surface area contributed by atoms with Crippen LogP contribution in [0.1, 0.15) is 30.1 Å². The van der Waals surface area contributed by atoms with Crippen molar-refractivity contribution in [1.29, 1.82) is 0 Å². The SMILES string of the molecule is O[C@@H](c1ccccc1)C1CCCN(Cc2ccccc2)C1. The Hall–Kier alpha value is -1.64. The maximum absolute atomic E-state index is 10.6. The smallest absolute Gasteiger partial charge is 0.0830 e. The zero-order valence-corrected chi connectivity index (χ0v) is 12.4. The van der Waals surface area contributed by atoms with Crippen LogP contribution in [0.5, 0.6) is 0 Å². The highest BCUT2D eigenvalue weighted by atomic mass is 16.3. The van der Waals surface area contributed by atoms with Crippen LogP contribution in [0.15, 0.2) is 60.7 Å². The van der Waals surface area contributed by atoms with Crippen molar-refractivity contribution in [2.45, 2.75) is 25.5 Å². The minimum Gasteiger partial charge on any atom is -0.388 e. The van der Waals surface area contributed by atoms with Crippen molar-refractivity contribution < 1.29 is 5.11 Å². The summed E-state index contributed by atoms with van der Waals surface area (Å²) in [5, 5.41) is 10.6. The van der Waals surface area contributed by atoms with Gasteiger partial charge in [-0.2, -0.15) is 0 Å². The highest BCUT2D eigenvalue weighted by Crippen LogP contribution is 2.30. The second-order valence-electron chi connectivity index (χ2n) is 5.98. The highest BCUT2D eigenvalue weighted by Gasteiger charge is 2.26. The monoisotopic (exact) mass is 281 g/mol. The van der Waals surface area contributed by atoms with Crippen LogP contribution in [0.2, 0.25) is 0 Å². The van der Waals surface area contributed by atoms with Gasteiger partial charge in [0.25, 0.3) is 0 Å². The maximum atomic E-state index is 10.6. The normalized spacial score (nSPS) is 21.1. The van der Waals surface area contributed by atoms with Crippen LogP contribution in [0, 0.1) is 5.92 Å². The summed E-state index contributed by atoms with van der Waals surface area (Å²) in [6.45, 7) is 3.09. The van der Waals surface area contributed by atoms with Crippen molar-refractivity contribution in [2.75, 3.05) is 13.1 Å². The molecule has 2 aromatic carbocycles. The number of nitrogens with zero attached hydrogens (tertiary/aromatic N) is 1. The molecule has 1 unspecified atom stereocenters. The van der Waals surface area contributed by atoms with Crippen LogP contribution < -0.4 is 0 Å². The van der Waals surface area contributed by atoms with Gasteiger partial charge < -0.3 is 5.11 Å². The Kier molecular flexibility index (Phi) is 4.69. The van der Waals surface area contributed by atoms with Crippen molar-refractivity contribution in [2.24, 2.45) is 5.92 Å². The molecule has 1 aliphatic rings. The van der Waals surface area contributed by atoms with Gasteiger partial charge >= 0.3 is 0 Å². The molecule has 1 saturated heterocycles. The summed E-state index contributed by atoms with van der Waals surface area (Å²) in [5.41, 5.74) is 2.40. The van der Waals surface area contributed by atoms with E-state index in [1.165, 1.54) is 12.0 Å². The Morgan fingerprint density at radius 1 is 1.00 bits per heavy atom. The lowest BCUT2D eigenvalue weighted by molar-refractivity contribution is 0.0476. The van der Waals surface area contributed by atoms with E-state index in [4.69, 9.17) is 0 Å². The Bertz CT molecular complexity index is 540. The molecule has 0 bridgehead atoms. The van der Waals surface area contributed by atoms with Gasteiger partial charge in [0.1, 0.15) is 0 Å². The summed E-state index contributed by atoms with van der Waals surface area (Å²) in [6, 6.07) is 20.7. The number of rotatable bonds is 4.